The van der Waals surface area contributed by atoms with E-state index in [0.717, 1.165) is 34.5 Å². The van der Waals surface area contributed by atoms with Crippen molar-refractivity contribution in [2.75, 3.05) is 25.4 Å². The summed E-state index contributed by atoms with van der Waals surface area (Å²) in [5.74, 6) is 2.17. The van der Waals surface area contributed by atoms with Crippen molar-refractivity contribution >= 4 is 11.8 Å². The highest BCUT2D eigenvalue weighted by atomic mass is 32.2. The molecule has 1 fully saturated rings. The number of ether oxygens (including phenoxy) is 1. The quantitative estimate of drug-likeness (QED) is 0.510. The van der Waals surface area contributed by atoms with Gasteiger partial charge in [-0.05, 0) is 74.8 Å². The van der Waals surface area contributed by atoms with E-state index in [2.05, 4.69) is 15.1 Å². The second-order valence-electron chi connectivity index (χ2n) is 7.21. The molecule has 1 aliphatic heterocycles. The van der Waals surface area contributed by atoms with E-state index in [1.807, 2.05) is 35.8 Å². The van der Waals surface area contributed by atoms with Crippen LogP contribution in [-0.2, 0) is 6.61 Å². The first-order chi connectivity index (χ1) is 14.2. The van der Waals surface area contributed by atoms with Crippen molar-refractivity contribution in [1.82, 2.24) is 19.7 Å². The summed E-state index contributed by atoms with van der Waals surface area (Å²) in [6.07, 6.45) is 2.58. The minimum Gasteiger partial charge on any atom is -0.486 e. The van der Waals surface area contributed by atoms with Gasteiger partial charge in [-0.3, -0.25) is 4.57 Å². The van der Waals surface area contributed by atoms with Crippen LogP contribution in [0.25, 0.3) is 5.69 Å². The molecule has 0 radical (unpaired) electrons. The van der Waals surface area contributed by atoms with E-state index >= 15 is 0 Å². The summed E-state index contributed by atoms with van der Waals surface area (Å²) in [7, 11) is 0. The van der Waals surface area contributed by atoms with E-state index in [9.17, 15) is 4.39 Å². The number of nitrogens with zero attached hydrogens (tertiary/aromatic N) is 4. The van der Waals surface area contributed by atoms with Crippen LogP contribution in [0, 0.1) is 12.7 Å². The minimum absolute atomic E-state index is 0.261. The Morgan fingerprint density at radius 3 is 2.62 bits per heavy atom. The van der Waals surface area contributed by atoms with Gasteiger partial charge >= 0.3 is 0 Å². The fraction of sp³-hybridized carbons (Fsp3) is 0.364. The maximum atomic E-state index is 13.4. The first-order valence-corrected chi connectivity index (χ1v) is 10.9. The lowest BCUT2D eigenvalue weighted by molar-refractivity contribution is 0.292. The van der Waals surface area contributed by atoms with Gasteiger partial charge in [-0.15, -0.1) is 10.2 Å². The number of thioether (sulfide) groups is 1. The third kappa shape index (κ3) is 5.16. The molecule has 0 spiro atoms. The predicted molar refractivity (Wildman–Crippen MR) is 113 cm³/mol. The normalized spacial score (nSPS) is 14.4. The van der Waals surface area contributed by atoms with Gasteiger partial charge in [0.2, 0.25) is 0 Å². The first-order valence-electron chi connectivity index (χ1n) is 9.94. The second-order valence-corrected chi connectivity index (χ2v) is 8.28. The van der Waals surface area contributed by atoms with Gasteiger partial charge in [0, 0.05) is 18.0 Å². The van der Waals surface area contributed by atoms with E-state index in [-0.39, 0.29) is 5.82 Å². The molecular formula is C22H25FN4OS. The number of aromatic nitrogens is 3. The molecule has 3 aromatic rings. The monoisotopic (exact) mass is 412 g/mol. The first kappa shape index (κ1) is 19.9. The minimum atomic E-state index is -0.261. The number of rotatable bonds is 8. The summed E-state index contributed by atoms with van der Waals surface area (Å²) in [4.78, 5) is 2.48. The Labute approximate surface area is 174 Å². The standard InChI is InChI=1S/C22H25FN4OS/c1-17-5-4-6-20(15-17)28-16-21-24-25-22(29-14-13-26-11-2-3-12-26)27(21)19-9-7-18(23)8-10-19/h4-10,15H,2-3,11-14,16H2,1H3. The third-order valence-electron chi connectivity index (χ3n) is 4.98. The van der Waals surface area contributed by atoms with Crippen LogP contribution < -0.4 is 4.74 Å². The maximum absolute atomic E-state index is 13.4. The Morgan fingerprint density at radius 2 is 1.86 bits per heavy atom. The fourth-order valence-electron chi connectivity index (χ4n) is 3.46. The number of benzene rings is 2. The summed E-state index contributed by atoms with van der Waals surface area (Å²) in [5, 5.41) is 9.56. The highest BCUT2D eigenvalue weighted by molar-refractivity contribution is 7.99. The summed E-state index contributed by atoms with van der Waals surface area (Å²) in [6, 6.07) is 14.3. The van der Waals surface area contributed by atoms with Crippen LogP contribution in [-0.4, -0.2) is 45.1 Å². The number of aryl methyl sites for hydroxylation is 1. The van der Waals surface area contributed by atoms with E-state index in [4.69, 9.17) is 4.74 Å². The molecule has 0 amide bonds. The molecule has 2 heterocycles. The van der Waals surface area contributed by atoms with Crippen LogP contribution >= 0.6 is 11.8 Å². The molecule has 0 unspecified atom stereocenters. The van der Waals surface area contributed by atoms with Gasteiger partial charge in [0.05, 0.1) is 0 Å². The number of likely N-dealkylation sites (tertiary alicyclic amines) is 1. The highest BCUT2D eigenvalue weighted by Gasteiger charge is 2.17. The van der Waals surface area contributed by atoms with Crippen LogP contribution in [0.3, 0.4) is 0 Å². The smallest absolute Gasteiger partial charge is 0.195 e. The molecule has 0 N–H and O–H groups in total. The summed E-state index contributed by atoms with van der Waals surface area (Å²) in [6.45, 7) is 5.72. The van der Waals surface area contributed by atoms with Crippen LogP contribution in [0.2, 0.25) is 0 Å². The summed E-state index contributed by atoms with van der Waals surface area (Å²) < 4.78 is 21.3. The largest absolute Gasteiger partial charge is 0.486 e. The van der Waals surface area contributed by atoms with E-state index in [0.29, 0.717) is 12.4 Å². The third-order valence-corrected chi connectivity index (χ3v) is 5.89. The van der Waals surface area contributed by atoms with Gasteiger partial charge in [0.15, 0.2) is 11.0 Å². The Hall–Kier alpha value is -2.38. The highest BCUT2D eigenvalue weighted by Crippen LogP contribution is 2.24. The maximum Gasteiger partial charge on any atom is 0.195 e. The molecule has 152 valence electrons. The van der Waals surface area contributed by atoms with Crippen LogP contribution in [0.5, 0.6) is 5.75 Å². The molecule has 1 aliphatic rings. The lowest BCUT2D eigenvalue weighted by atomic mass is 10.2. The molecule has 0 bridgehead atoms. The van der Waals surface area contributed by atoms with Crippen LogP contribution in [0.15, 0.2) is 53.7 Å². The molecule has 0 aliphatic carbocycles. The zero-order chi connectivity index (χ0) is 20.1. The molecular weight excluding hydrogens is 387 g/mol. The van der Waals surface area contributed by atoms with Crippen LogP contribution in [0.4, 0.5) is 4.39 Å². The number of hydrogen-bond acceptors (Lipinski definition) is 5. The van der Waals surface area contributed by atoms with Gasteiger partial charge < -0.3 is 9.64 Å². The molecule has 7 heteroatoms. The van der Waals surface area contributed by atoms with Gasteiger partial charge in [-0.2, -0.15) is 0 Å². The summed E-state index contributed by atoms with van der Waals surface area (Å²) >= 11 is 1.68. The zero-order valence-corrected chi connectivity index (χ0v) is 17.4. The fourth-order valence-corrected chi connectivity index (χ4v) is 4.43. The van der Waals surface area contributed by atoms with Gasteiger partial charge in [0.25, 0.3) is 0 Å². The lowest BCUT2D eigenvalue weighted by Crippen LogP contribution is -2.22. The van der Waals surface area contributed by atoms with Crippen LogP contribution in [0.1, 0.15) is 24.2 Å². The second kappa shape index (κ2) is 9.41. The van der Waals surface area contributed by atoms with E-state index < -0.39 is 0 Å². The molecule has 0 saturated carbocycles. The Morgan fingerprint density at radius 1 is 1.07 bits per heavy atom. The predicted octanol–water partition coefficient (Wildman–Crippen LogP) is 4.48. The van der Waals surface area contributed by atoms with Crippen molar-refractivity contribution in [3.63, 3.8) is 0 Å². The zero-order valence-electron chi connectivity index (χ0n) is 16.6. The average molecular weight is 413 g/mol. The average Bonchev–Trinajstić information content (AvgIpc) is 3.37. The van der Waals surface area contributed by atoms with Crippen molar-refractivity contribution in [1.29, 1.82) is 0 Å². The van der Waals surface area contributed by atoms with Gasteiger partial charge in [-0.1, -0.05) is 23.9 Å². The van der Waals surface area contributed by atoms with Crippen molar-refractivity contribution in [3.8, 4) is 11.4 Å². The molecule has 1 aromatic heterocycles. The van der Waals surface area contributed by atoms with E-state index in [1.165, 1.54) is 38.1 Å². The molecule has 4 rings (SSSR count). The van der Waals surface area contributed by atoms with Gasteiger partial charge in [0.1, 0.15) is 18.2 Å². The molecule has 29 heavy (non-hydrogen) atoms. The SMILES string of the molecule is Cc1cccc(OCc2nnc(SCCN3CCCC3)n2-c2ccc(F)cc2)c1. The van der Waals surface area contributed by atoms with E-state index in [1.54, 1.807) is 23.9 Å². The van der Waals surface area contributed by atoms with Gasteiger partial charge in [-0.25, -0.2) is 4.39 Å². The van der Waals surface area contributed by atoms with Crippen molar-refractivity contribution in [2.45, 2.75) is 31.5 Å². The summed E-state index contributed by atoms with van der Waals surface area (Å²) in [5.41, 5.74) is 1.98. The van der Waals surface area contributed by atoms with Crippen molar-refractivity contribution < 1.29 is 9.13 Å². The topological polar surface area (TPSA) is 43.2 Å². The molecule has 0 atom stereocenters. The Kier molecular flexibility index (Phi) is 6.46. The van der Waals surface area contributed by atoms with Crippen molar-refractivity contribution in [2.24, 2.45) is 0 Å². The molecule has 1 saturated heterocycles. The lowest BCUT2D eigenvalue weighted by Gasteiger charge is -2.14. The Bertz CT molecular complexity index is 938. The van der Waals surface area contributed by atoms with Crippen molar-refractivity contribution in [3.05, 3.63) is 65.7 Å². The number of hydrogen-bond donors (Lipinski definition) is 0. The number of halogens is 1. The molecule has 2 aromatic carbocycles. The molecule has 5 nitrogen and oxygen atoms in total. The Balaban J connectivity index is 1.51.